The highest BCUT2D eigenvalue weighted by molar-refractivity contribution is 4.94. The fourth-order valence-electron chi connectivity index (χ4n) is 2.94. The maximum Gasteiger partial charge on any atom is 0.187 e. The standard InChI is InChI=1S/C14H26O11/c1-21-13(22-2)10(20)12-11(5(16)4-23-12)25-14-9(19)8(18)7(17)6(3-15)24-14/h5-20H,3-4H2,1-2H3/t5-,6-,7+,8+,9-,10-,11+,12-,14?/m1/s1. The van der Waals surface area contributed by atoms with E-state index in [4.69, 9.17) is 23.7 Å². The Labute approximate surface area is 144 Å². The van der Waals surface area contributed by atoms with E-state index in [1.807, 2.05) is 0 Å². The normalized spacial score (nSPS) is 43.6. The van der Waals surface area contributed by atoms with E-state index in [1.165, 1.54) is 14.2 Å². The molecule has 2 aliphatic rings. The molecule has 0 saturated carbocycles. The van der Waals surface area contributed by atoms with E-state index in [2.05, 4.69) is 0 Å². The molecule has 0 bridgehead atoms. The van der Waals surface area contributed by atoms with Gasteiger partial charge in [-0.1, -0.05) is 0 Å². The second-order valence-electron chi connectivity index (χ2n) is 5.99. The minimum atomic E-state index is -1.64. The van der Waals surface area contributed by atoms with Gasteiger partial charge in [-0.15, -0.1) is 0 Å². The largest absolute Gasteiger partial charge is 0.394 e. The van der Waals surface area contributed by atoms with E-state index in [9.17, 15) is 30.6 Å². The number of rotatable bonds is 7. The van der Waals surface area contributed by atoms with E-state index >= 15 is 0 Å². The molecule has 0 aromatic rings. The summed E-state index contributed by atoms with van der Waals surface area (Å²) in [5.74, 6) is 0. The van der Waals surface area contributed by atoms with Crippen LogP contribution in [0.25, 0.3) is 0 Å². The summed E-state index contributed by atoms with van der Waals surface area (Å²) < 4.78 is 26.0. The van der Waals surface area contributed by atoms with Crippen LogP contribution in [0, 0.1) is 0 Å². The van der Waals surface area contributed by atoms with Crippen molar-refractivity contribution in [2.24, 2.45) is 0 Å². The Kier molecular flexibility index (Phi) is 7.49. The van der Waals surface area contributed by atoms with Crippen molar-refractivity contribution < 1.29 is 54.3 Å². The summed E-state index contributed by atoms with van der Waals surface area (Å²) in [6.45, 7) is -0.764. The molecule has 11 nitrogen and oxygen atoms in total. The second-order valence-corrected chi connectivity index (χ2v) is 5.99. The molecule has 2 heterocycles. The number of hydrogen-bond acceptors (Lipinski definition) is 11. The molecule has 2 rings (SSSR count). The van der Waals surface area contributed by atoms with Gasteiger partial charge in [0.1, 0.15) is 48.8 Å². The van der Waals surface area contributed by atoms with Gasteiger partial charge >= 0.3 is 0 Å². The van der Waals surface area contributed by atoms with Crippen LogP contribution in [0.4, 0.5) is 0 Å². The topological polar surface area (TPSA) is 168 Å². The zero-order chi connectivity index (χ0) is 18.7. The highest BCUT2D eigenvalue weighted by Crippen LogP contribution is 2.29. The first kappa shape index (κ1) is 20.9. The molecule has 2 fully saturated rings. The molecule has 11 heteroatoms. The Morgan fingerprint density at radius 1 is 1.04 bits per heavy atom. The molecule has 25 heavy (non-hydrogen) atoms. The smallest absolute Gasteiger partial charge is 0.187 e. The van der Waals surface area contributed by atoms with E-state index in [0.29, 0.717) is 0 Å². The number of aliphatic hydroxyl groups excluding tert-OH is 6. The van der Waals surface area contributed by atoms with Crippen LogP contribution in [-0.2, 0) is 23.7 Å². The summed E-state index contributed by atoms with van der Waals surface area (Å²) >= 11 is 0. The van der Waals surface area contributed by atoms with Crippen molar-refractivity contribution in [2.75, 3.05) is 27.4 Å². The zero-order valence-corrected chi connectivity index (χ0v) is 13.9. The molecule has 2 saturated heterocycles. The van der Waals surface area contributed by atoms with Gasteiger partial charge in [-0.3, -0.25) is 0 Å². The summed E-state index contributed by atoms with van der Waals surface area (Å²) in [4.78, 5) is 0. The average Bonchev–Trinajstić information content (AvgIpc) is 2.97. The molecule has 0 aliphatic carbocycles. The lowest BCUT2D eigenvalue weighted by molar-refractivity contribution is -0.321. The van der Waals surface area contributed by atoms with E-state index in [-0.39, 0.29) is 6.61 Å². The number of hydrogen-bond donors (Lipinski definition) is 6. The second kappa shape index (κ2) is 8.97. The Morgan fingerprint density at radius 3 is 2.24 bits per heavy atom. The van der Waals surface area contributed by atoms with Crippen molar-refractivity contribution in [1.29, 1.82) is 0 Å². The Hall–Kier alpha value is -0.440. The summed E-state index contributed by atoms with van der Waals surface area (Å²) in [6, 6.07) is 0. The van der Waals surface area contributed by atoms with Crippen LogP contribution in [-0.4, -0.2) is 119 Å². The van der Waals surface area contributed by atoms with Crippen LogP contribution in [0.5, 0.6) is 0 Å². The van der Waals surface area contributed by atoms with Crippen LogP contribution in [0.3, 0.4) is 0 Å². The molecule has 0 radical (unpaired) electrons. The van der Waals surface area contributed by atoms with Gasteiger partial charge in [0, 0.05) is 14.2 Å². The fourth-order valence-corrected chi connectivity index (χ4v) is 2.94. The lowest BCUT2D eigenvalue weighted by Gasteiger charge is -2.41. The fraction of sp³-hybridized carbons (Fsp3) is 1.00. The predicted octanol–water partition coefficient (Wildman–Crippen LogP) is -4.09. The summed E-state index contributed by atoms with van der Waals surface area (Å²) in [6.07, 6.45) is -13.1. The highest BCUT2D eigenvalue weighted by Gasteiger charge is 2.50. The van der Waals surface area contributed by atoms with Crippen LogP contribution >= 0.6 is 0 Å². The van der Waals surface area contributed by atoms with E-state index < -0.39 is 68.0 Å². The van der Waals surface area contributed by atoms with Gasteiger partial charge in [-0.05, 0) is 0 Å². The van der Waals surface area contributed by atoms with Gasteiger partial charge in [0.25, 0.3) is 0 Å². The van der Waals surface area contributed by atoms with E-state index in [1.54, 1.807) is 0 Å². The molecule has 0 amide bonds. The number of ether oxygens (including phenoxy) is 5. The third-order valence-electron chi connectivity index (χ3n) is 4.38. The van der Waals surface area contributed by atoms with Crippen LogP contribution in [0.15, 0.2) is 0 Å². The monoisotopic (exact) mass is 370 g/mol. The molecule has 6 N–H and O–H groups in total. The zero-order valence-electron chi connectivity index (χ0n) is 13.9. The molecule has 1 unspecified atom stereocenters. The first-order chi connectivity index (χ1) is 11.8. The van der Waals surface area contributed by atoms with Crippen molar-refractivity contribution in [1.82, 2.24) is 0 Å². The maximum atomic E-state index is 10.3. The molecule has 0 aromatic heterocycles. The van der Waals surface area contributed by atoms with Crippen LogP contribution in [0.1, 0.15) is 0 Å². The Bertz CT molecular complexity index is 404. The molecule has 2 aliphatic heterocycles. The Morgan fingerprint density at radius 2 is 1.68 bits per heavy atom. The van der Waals surface area contributed by atoms with Gasteiger partial charge < -0.3 is 54.3 Å². The first-order valence-corrected chi connectivity index (χ1v) is 7.85. The van der Waals surface area contributed by atoms with Gasteiger partial charge in [0.05, 0.1) is 13.2 Å². The molecule has 9 atom stereocenters. The molecule has 0 aromatic carbocycles. The van der Waals surface area contributed by atoms with Crippen molar-refractivity contribution >= 4 is 0 Å². The SMILES string of the molecule is COC(OC)[C@H](O)[C@H]1OC[C@@H](O)[C@@H]1OC1O[C@H](CO)[C@H](O)[C@H](O)[C@H]1O. The minimum Gasteiger partial charge on any atom is -0.394 e. The number of methoxy groups -OCH3 is 2. The minimum absolute atomic E-state index is 0.149. The Balaban J connectivity index is 2.10. The third-order valence-corrected chi connectivity index (χ3v) is 4.38. The molecular weight excluding hydrogens is 344 g/mol. The average molecular weight is 370 g/mol. The van der Waals surface area contributed by atoms with Gasteiger partial charge in [0.2, 0.25) is 0 Å². The van der Waals surface area contributed by atoms with Gasteiger partial charge in [-0.25, -0.2) is 0 Å². The molecule has 0 spiro atoms. The summed E-state index contributed by atoms with van der Waals surface area (Å²) in [5, 5.41) is 59.1. The lowest BCUT2D eigenvalue weighted by Crippen LogP contribution is -2.61. The molecular formula is C14H26O11. The van der Waals surface area contributed by atoms with Crippen molar-refractivity contribution in [2.45, 2.75) is 61.4 Å². The predicted molar refractivity (Wildman–Crippen MR) is 78.2 cm³/mol. The first-order valence-electron chi connectivity index (χ1n) is 7.85. The van der Waals surface area contributed by atoms with E-state index in [0.717, 1.165) is 0 Å². The van der Waals surface area contributed by atoms with Crippen molar-refractivity contribution in [3.05, 3.63) is 0 Å². The van der Waals surface area contributed by atoms with Gasteiger partial charge in [-0.2, -0.15) is 0 Å². The van der Waals surface area contributed by atoms with Crippen molar-refractivity contribution in [3.63, 3.8) is 0 Å². The maximum absolute atomic E-state index is 10.3. The summed E-state index contributed by atoms with van der Waals surface area (Å²) in [7, 11) is 2.63. The van der Waals surface area contributed by atoms with Crippen molar-refractivity contribution in [3.8, 4) is 0 Å². The third kappa shape index (κ3) is 4.28. The summed E-state index contributed by atoms with van der Waals surface area (Å²) in [5.41, 5.74) is 0. The van der Waals surface area contributed by atoms with Gasteiger partial charge in [0.15, 0.2) is 12.6 Å². The lowest BCUT2D eigenvalue weighted by atomic mass is 9.99. The molecule has 148 valence electrons. The number of aliphatic hydroxyl groups is 6. The highest BCUT2D eigenvalue weighted by atomic mass is 16.7. The van der Waals surface area contributed by atoms with Crippen LogP contribution in [0.2, 0.25) is 0 Å². The van der Waals surface area contributed by atoms with Crippen LogP contribution < -0.4 is 0 Å². The quantitative estimate of drug-likeness (QED) is 0.241.